The number of nitrogen functional groups attached to an aromatic ring is 1. The third-order valence-corrected chi connectivity index (χ3v) is 8.52. The molecule has 0 radical (unpaired) electrons. The molecule has 204 valence electrons. The van der Waals surface area contributed by atoms with E-state index < -0.39 is 59.8 Å². The number of aliphatic hydroxyl groups is 2. The Morgan fingerprint density at radius 1 is 1.24 bits per heavy atom. The predicted octanol–water partition coefficient (Wildman–Crippen LogP) is -1.62. The van der Waals surface area contributed by atoms with Crippen LogP contribution in [0.4, 0.5) is 10.2 Å². The fourth-order valence-corrected chi connectivity index (χ4v) is 6.32. The summed E-state index contributed by atoms with van der Waals surface area (Å²) in [6, 6.07) is 0. The monoisotopic (exact) mass is 591 g/mol. The summed E-state index contributed by atoms with van der Waals surface area (Å²) < 4.78 is 66.6. The second-order valence-corrected chi connectivity index (χ2v) is 11.7. The zero-order chi connectivity index (χ0) is 28.2. The summed E-state index contributed by atoms with van der Waals surface area (Å²) in [7, 11) is -17.5. The predicted molar refractivity (Wildman–Crippen MR) is 114 cm³/mol. The number of carbonyl (C=O) groups is 1. The Morgan fingerprint density at radius 2 is 1.86 bits per heavy atom. The number of primary amides is 1. The van der Waals surface area contributed by atoms with Crippen LogP contribution in [-0.4, -0.2) is 74.4 Å². The maximum Gasteiger partial charge on any atom is 0.490 e. The number of nitrogens with two attached hydrogens (primary N) is 2. The molecule has 1 aliphatic heterocycles. The first-order valence-corrected chi connectivity index (χ1v) is 13.7. The van der Waals surface area contributed by atoms with E-state index in [4.69, 9.17) is 32.4 Å². The van der Waals surface area contributed by atoms with Gasteiger partial charge in [0.05, 0.1) is 10.9 Å². The van der Waals surface area contributed by atoms with Crippen molar-refractivity contribution in [2.75, 3.05) is 12.3 Å². The summed E-state index contributed by atoms with van der Waals surface area (Å²) in [4.78, 5) is 55.2. The highest BCUT2D eigenvalue weighted by molar-refractivity contribution is 7.66. The van der Waals surface area contributed by atoms with Crippen molar-refractivity contribution < 1.29 is 70.5 Å². The number of ether oxygens (including phenoxy) is 1. The smallest absolute Gasteiger partial charge is 0.383 e. The van der Waals surface area contributed by atoms with Gasteiger partial charge in [-0.2, -0.15) is 8.62 Å². The van der Waals surface area contributed by atoms with Gasteiger partial charge in [-0.3, -0.25) is 9.32 Å². The van der Waals surface area contributed by atoms with Gasteiger partial charge in [-0.1, -0.05) is 5.92 Å². The number of fused-ring (bicyclic) bond motifs is 1. The lowest BCUT2D eigenvalue weighted by Gasteiger charge is -2.27. The molecule has 0 aliphatic carbocycles. The maximum absolute atomic E-state index is 15.6. The number of phosphoric ester groups is 1. The fourth-order valence-electron chi connectivity index (χ4n) is 3.28. The van der Waals surface area contributed by atoms with Gasteiger partial charge in [0.2, 0.25) is 5.60 Å². The summed E-state index contributed by atoms with van der Waals surface area (Å²) in [6.45, 7) is -1.84. The van der Waals surface area contributed by atoms with Crippen LogP contribution in [0, 0.1) is 12.3 Å². The van der Waals surface area contributed by atoms with Gasteiger partial charge in [0, 0.05) is 6.20 Å². The SMILES string of the molecule is C#C[C@]1(O)[C@H](n2cc(C(N)=O)c3c(N)ncnc32)O[C@](F)(COP(=O)(O)OP(=O)(O)OP(=O)(O)O)[C@H]1O. The summed E-state index contributed by atoms with van der Waals surface area (Å²) in [6.07, 6.45) is 2.18. The fraction of sp³-hybridized carbons (Fsp3) is 0.357. The van der Waals surface area contributed by atoms with Crippen molar-refractivity contribution in [1.29, 1.82) is 0 Å². The van der Waals surface area contributed by atoms with E-state index in [2.05, 4.69) is 23.1 Å². The van der Waals surface area contributed by atoms with Crippen molar-refractivity contribution in [3.63, 3.8) is 0 Å². The van der Waals surface area contributed by atoms with Crippen molar-refractivity contribution in [3.8, 4) is 12.3 Å². The lowest BCUT2D eigenvalue weighted by Crippen LogP contribution is -2.50. The van der Waals surface area contributed by atoms with E-state index in [9.17, 15) is 38.5 Å². The first kappa shape index (κ1) is 29.2. The number of aromatic nitrogens is 3. The third kappa shape index (κ3) is 5.74. The molecule has 0 saturated carbocycles. The van der Waals surface area contributed by atoms with E-state index in [0.717, 1.165) is 17.1 Å². The molecule has 6 atom stereocenters. The first-order valence-electron chi connectivity index (χ1n) is 9.19. The summed E-state index contributed by atoms with van der Waals surface area (Å²) in [5.74, 6) is -3.30. The number of nitrogens with zero attached hydrogens (tertiary/aromatic N) is 3. The molecular weight excluding hydrogens is 574 g/mol. The van der Waals surface area contributed by atoms with Crippen LogP contribution in [0.5, 0.6) is 0 Å². The number of hydrogen-bond acceptors (Lipinski definition) is 13. The van der Waals surface area contributed by atoms with E-state index in [1.807, 2.05) is 0 Å². The maximum atomic E-state index is 15.6. The van der Waals surface area contributed by atoms with E-state index in [-0.39, 0.29) is 22.4 Å². The van der Waals surface area contributed by atoms with Crippen LogP contribution in [0.25, 0.3) is 11.0 Å². The van der Waals surface area contributed by atoms with E-state index in [1.165, 1.54) is 0 Å². The van der Waals surface area contributed by atoms with Crippen LogP contribution < -0.4 is 11.5 Å². The van der Waals surface area contributed by atoms with Gasteiger partial charge in [-0.05, 0) is 0 Å². The molecule has 0 spiro atoms. The van der Waals surface area contributed by atoms with E-state index in [0.29, 0.717) is 0 Å². The number of rotatable bonds is 9. The quantitative estimate of drug-likeness (QED) is 0.120. The second kappa shape index (κ2) is 9.45. The number of amides is 1. The second-order valence-electron chi connectivity index (χ2n) is 7.26. The highest BCUT2D eigenvalue weighted by Crippen LogP contribution is 2.66. The molecule has 0 aromatic carbocycles. The molecule has 19 nitrogen and oxygen atoms in total. The minimum absolute atomic E-state index is 0.155. The molecule has 3 rings (SSSR count). The normalized spacial score (nSPS) is 29.5. The molecule has 3 heterocycles. The number of hydrogen-bond donors (Lipinski definition) is 8. The number of carbonyl (C=O) groups excluding carboxylic acids is 1. The number of halogens is 1. The van der Waals surface area contributed by atoms with Gasteiger partial charge < -0.3 is 50.6 Å². The van der Waals surface area contributed by atoms with Crippen molar-refractivity contribution >= 4 is 46.2 Å². The van der Waals surface area contributed by atoms with Crippen molar-refractivity contribution in [3.05, 3.63) is 18.1 Å². The zero-order valence-corrected chi connectivity index (χ0v) is 20.4. The molecule has 0 bridgehead atoms. The number of phosphoric acid groups is 3. The minimum atomic E-state index is -5.95. The van der Waals surface area contributed by atoms with Crippen LogP contribution in [0.1, 0.15) is 16.6 Å². The van der Waals surface area contributed by atoms with Gasteiger partial charge in [0.1, 0.15) is 24.4 Å². The Bertz CT molecular complexity index is 1440. The van der Waals surface area contributed by atoms with Gasteiger partial charge >= 0.3 is 23.5 Å². The molecule has 10 N–H and O–H groups in total. The highest BCUT2D eigenvalue weighted by Gasteiger charge is 2.66. The lowest BCUT2D eigenvalue weighted by molar-refractivity contribution is -0.203. The number of anilines is 1. The first-order chi connectivity index (χ1) is 16.8. The molecule has 2 unspecified atom stereocenters. The standard InChI is InChI=1S/C14H17FN5O14P3/c1-2-13(23)11(22)14(15,4-31-36(27,28)34-37(29,30)33-35(24,25)26)32-12(13)20-3-6(9(17)21)7-8(16)18-5-19-10(7)20/h1,3,5,11-12,22-23H,4H2,(H2,17,21)(H,27,28)(H,29,30)(H2,16,18,19)(H2,24,25,26)/t11-,12+,13+,14+/m0/s1. The van der Waals surface area contributed by atoms with Gasteiger partial charge in [0.25, 0.3) is 11.8 Å². The molecule has 1 aliphatic rings. The highest BCUT2D eigenvalue weighted by atomic mass is 31.3. The minimum Gasteiger partial charge on any atom is -0.383 e. The topological polar surface area (TPSA) is 309 Å². The molecule has 1 amide bonds. The van der Waals surface area contributed by atoms with Crippen molar-refractivity contribution in [2.24, 2.45) is 5.73 Å². The Labute approximate surface area is 204 Å². The average Bonchev–Trinajstić information content (AvgIpc) is 3.21. The molecule has 2 aromatic rings. The van der Waals surface area contributed by atoms with Crippen LogP contribution >= 0.6 is 23.5 Å². The van der Waals surface area contributed by atoms with Crippen molar-refractivity contribution in [2.45, 2.75) is 23.8 Å². The van der Waals surface area contributed by atoms with Gasteiger partial charge in [-0.15, -0.1) is 6.42 Å². The Morgan fingerprint density at radius 3 is 2.41 bits per heavy atom. The summed E-state index contributed by atoms with van der Waals surface area (Å²) >= 11 is 0. The zero-order valence-electron chi connectivity index (χ0n) is 17.8. The van der Waals surface area contributed by atoms with E-state index in [1.54, 1.807) is 5.92 Å². The molecule has 2 aromatic heterocycles. The molecular formula is C14H17FN5O14P3. The van der Waals surface area contributed by atoms with Gasteiger partial charge in [-0.25, -0.2) is 28.1 Å². The average molecular weight is 591 g/mol. The van der Waals surface area contributed by atoms with Crippen LogP contribution in [0.3, 0.4) is 0 Å². The Balaban J connectivity index is 1.95. The number of aliphatic hydroxyl groups excluding tert-OH is 1. The largest absolute Gasteiger partial charge is 0.490 e. The Kier molecular flexibility index (Phi) is 7.46. The molecule has 37 heavy (non-hydrogen) atoms. The summed E-state index contributed by atoms with van der Waals surface area (Å²) in [5.41, 5.74) is 7.45. The lowest BCUT2D eigenvalue weighted by atomic mass is 9.94. The van der Waals surface area contributed by atoms with Gasteiger partial charge in [0.15, 0.2) is 12.3 Å². The van der Waals surface area contributed by atoms with Crippen LogP contribution in [0.2, 0.25) is 0 Å². The third-order valence-electron chi connectivity index (χ3n) is 4.74. The number of terminal acetylenes is 1. The Hall–Kier alpha value is -2.33. The molecule has 1 saturated heterocycles. The molecule has 1 fully saturated rings. The molecule has 23 heteroatoms. The summed E-state index contributed by atoms with van der Waals surface area (Å²) in [5, 5.41) is 21.2. The van der Waals surface area contributed by atoms with Crippen LogP contribution in [0.15, 0.2) is 12.5 Å². The van der Waals surface area contributed by atoms with Crippen molar-refractivity contribution in [1.82, 2.24) is 14.5 Å². The van der Waals surface area contributed by atoms with E-state index >= 15 is 4.39 Å². The van der Waals surface area contributed by atoms with Crippen LogP contribution in [-0.2, 0) is 31.6 Å². The number of alkyl halides is 1.